The molecule has 0 radical (unpaired) electrons. The fraction of sp³-hybridized carbons (Fsp3) is 0.0769. The summed E-state index contributed by atoms with van der Waals surface area (Å²) in [5, 5.41) is 3.33. The topological polar surface area (TPSA) is 55.1 Å². The van der Waals surface area contributed by atoms with Gasteiger partial charge in [0.05, 0.1) is 32.7 Å². The number of hydrogen-bond donors (Lipinski definition) is 1. The number of aromatic nitrogens is 1. The van der Waals surface area contributed by atoms with E-state index in [0.717, 1.165) is 15.8 Å². The number of rotatable bonds is 2. The Morgan fingerprint density at radius 1 is 1.47 bits per heavy atom. The van der Waals surface area contributed by atoms with E-state index in [9.17, 15) is 4.79 Å². The van der Waals surface area contributed by atoms with Gasteiger partial charge in [0, 0.05) is 12.3 Å². The standard InChI is InChI=1S/C13H9ClN2O2S/c1-7-8(14)5-15-6-9(7)16-13(17)12-4-10-11(19-12)2-3-18-10/h2-6H,1H3,(H,16,17). The second-order valence-electron chi connectivity index (χ2n) is 4.01. The lowest BCUT2D eigenvalue weighted by molar-refractivity contribution is 0.103. The largest absolute Gasteiger partial charge is 0.463 e. The van der Waals surface area contributed by atoms with Crippen LogP contribution in [0.15, 0.2) is 35.2 Å². The Labute approximate surface area is 118 Å². The average molecular weight is 293 g/mol. The van der Waals surface area contributed by atoms with Gasteiger partial charge in [0.2, 0.25) is 0 Å². The number of halogens is 1. The summed E-state index contributed by atoms with van der Waals surface area (Å²) in [5.74, 6) is -0.191. The van der Waals surface area contributed by atoms with Crippen LogP contribution < -0.4 is 5.32 Å². The number of amides is 1. The minimum atomic E-state index is -0.191. The zero-order valence-electron chi connectivity index (χ0n) is 9.94. The Morgan fingerprint density at radius 3 is 3.11 bits per heavy atom. The normalized spacial score (nSPS) is 10.8. The molecular weight excluding hydrogens is 284 g/mol. The van der Waals surface area contributed by atoms with Gasteiger partial charge in [0.15, 0.2) is 0 Å². The molecule has 3 heterocycles. The van der Waals surface area contributed by atoms with Crippen LogP contribution in [-0.2, 0) is 0 Å². The summed E-state index contributed by atoms with van der Waals surface area (Å²) in [6.07, 6.45) is 4.73. The number of carbonyl (C=O) groups is 1. The molecule has 3 rings (SSSR count). The quantitative estimate of drug-likeness (QED) is 0.773. The number of carbonyl (C=O) groups excluding carboxylic acids is 1. The smallest absolute Gasteiger partial charge is 0.265 e. The van der Waals surface area contributed by atoms with Crippen LogP contribution in [0.3, 0.4) is 0 Å². The van der Waals surface area contributed by atoms with Gasteiger partial charge >= 0.3 is 0 Å². The molecular formula is C13H9ClN2O2S. The number of hydrogen-bond acceptors (Lipinski definition) is 4. The van der Waals surface area contributed by atoms with Gasteiger partial charge in [0.1, 0.15) is 5.58 Å². The molecule has 0 saturated heterocycles. The molecule has 0 spiro atoms. The van der Waals surface area contributed by atoms with Crippen molar-refractivity contribution in [2.24, 2.45) is 0 Å². The van der Waals surface area contributed by atoms with Crippen LogP contribution in [0.2, 0.25) is 5.02 Å². The van der Waals surface area contributed by atoms with Gasteiger partial charge < -0.3 is 9.73 Å². The third-order valence-electron chi connectivity index (χ3n) is 2.77. The Bertz CT molecular complexity index is 734. The minimum Gasteiger partial charge on any atom is -0.463 e. The first-order chi connectivity index (χ1) is 9.15. The summed E-state index contributed by atoms with van der Waals surface area (Å²) < 4.78 is 6.19. The van der Waals surface area contributed by atoms with E-state index < -0.39 is 0 Å². The molecule has 3 aromatic rings. The second-order valence-corrected chi connectivity index (χ2v) is 5.50. The maximum atomic E-state index is 12.1. The van der Waals surface area contributed by atoms with E-state index in [1.54, 1.807) is 24.7 Å². The zero-order valence-corrected chi connectivity index (χ0v) is 11.5. The van der Waals surface area contributed by atoms with Gasteiger partial charge in [0.25, 0.3) is 5.91 Å². The van der Waals surface area contributed by atoms with Crippen molar-refractivity contribution < 1.29 is 9.21 Å². The van der Waals surface area contributed by atoms with E-state index in [-0.39, 0.29) is 5.91 Å². The van der Waals surface area contributed by atoms with Crippen molar-refractivity contribution in [3.05, 3.63) is 46.3 Å². The summed E-state index contributed by atoms with van der Waals surface area (Å²) in [5.41, 5.74) is 2.13. The van der Waals surface area contributed by atoms with E-state index in [4.69, 9.17) is 16.0 Å². The lowest BCUT2D eigenvalue weighted by Gasteiger charge is -2.07. The number of pyridine rings is 1. The van der Waals surface area contributed by atoms with E-state index in [0.29, 0.717) is 15.6 Å². The Kier molecular flexibility index (Phi) is 3.00. The van der Waals surface area contributed by atoms with Crippen molar-refractivity contribution in [1.82, 2.24) is 4.98 Å². The van der Waals surface area contributed by atoms with Crippen LogP contribution >= 0.6 is 22.9 Å². The molecule has 4 nitrogen and oxygen atoms in total. The summed E-state index contributed by atoms with van der Waals surface area (Å²) in [4.78, 5) is 16.7. The highest BCUT2D eigenvalue weighted by molar-refractivity contribution is 7.20. The molecule has 1 N–H and O–H groups in total. The molecule has 1 amide bonds. The molecule has 0 aliphatic carbocycles. The van der Waals surface area contributed by atoms with Crippen LogP contribution in [0.25, 0.3) is 10.3 Å². The average Bonchev–Trinajstić information content (AvgIpc) is 2.95. The van der Waals surface area contributed by atoms with E-state index in [1.807, 2.05) is 13.0 Å². The van der Waals surface area contributed by atoms with Crippen LogP contribution in [0.5, 0.6) is 0 Å². The van der Waals surface area contributed by atoms with Crippen LogP contribution in [0.4, 0.5) is 5.69 Å². The second kappa shape index (κ2) is 4.68. The molecule has 0 fully saturated rings. The number of nitrogens with one attached hydrogen (secondary N) is 1. The molecule has 0 aliphatic heterocycles. The highest BCUT2D eigenvalue weighted by Gasteiger charge is 2.13. The van der Waals surface area contributed by atoms with Gasteiger partial charge in [-0.2, -0.15) is 0 Å². The molecule has 96 valence electrons. The number of anilines is 1. The first-order valence-electron chi connectivity index (χ1n) is 5.53. The molecule has 0 unspecified atom stereocenters. The van der Waals surface area contributed by atoms with Crippen molar-refractivity contribution in [1.29, 1.82) is 0 Å². The van der Waals surface area contributed by atoms with E-state index in [1.165, 1.54) is 11.3 Å². The summed E-state index contributed by atoms with van der Waals surface area (Å²) in [6, 6.07) is 3.56. The highest BCUT2D eigenvalue weighted by atomic mass is 35.5. The lowest BCUT2D eigenvalue weighted by Crippen LogP contribution is -2.11. The molecule has 0 saturated carbocycles. The molecule has 19 heavy (non-hydrogen) atoms. The maximum absolute atomic E-state index is 12.1. The number of furan rings is 1. The third kappa shape index (κ3) is 2.22. The Hall–Kier alpha value is -1.85. The van der Waals surface area contributed by atoms with Crippen LogP contribution in [-0.4, -0.2) is 10.9 Å². The van der Waals surface area contributed by atoms with Crippen molar-refractivity contribution in [3.63, 3.8) is 0 Å². The minimum absolute atomic E-state index is 0.191. The first kappa shape index (κ1) is 12.2. The van der Waals surface area contributed by atoms with Gasteiger partial charge in [-0.25, -0.2) is 0 Å². The van der Waals surface area contributed by atoms with Gasteiger partial charge in [-0.3, -0.25) is 9.78 Å². The van der Waals surface area contributed by atoms with E-state index >= 15 is 0 Å². The predicted molar refractivity (Wildman–Crippen MR) is 76.0 cm³/mol. The van der Waals surface area contributed by atoms with Crippen LogP contribution in [0, 0.1) is 6.92 Å². The predicted octanol–water partition coefficient (Wildman–Crippen LogP) is 4.10. The number of nitrogens with zero attached hydrogens (tertiary/aromatic N) is 1. The number of fused-ring (bicyclic) bond motifs is 1. The summed E-state index contributed by atoms with van der Waals surface area (Å²) in [6.45, 7) is 1.83. The Morgan fingerprint density at radius 2 is 2.32 bits per heavy atom. The summed E-state index contributed by atoms with van der Waals surface area (Å²) >= 11 is 7.35. The van der Waals surface area contributed by atoms with Gasteiger partial charge in [-0.1, -0.05) is 11.6 Å². The van der Waals surface area contributed by atoms with Crippen LogP contribution in [0.1, 0.15) is 15.2 Å². The van der Waals surface area contributed by atoms with Crippen molar-refractivity contribution >= 4 is 44.8 Å². The van der Waals surface area contributed by atoms with Crippen molar-refractivity contribution in [2.75, 3.05) is 5.32 Å². The third-order valence-corrected chi connectivity index (χ3v) is 4.23. The zero-order chi connectivity index (χ0) is 13.4. The molecule has 0 atom stereocenters. The lowest BCUT2D eigenvalue weighted by atomic mass is 10.2. The van der Waals surface area contributed by atoms with Gasteiger partial charge in [-0.15, -0.1) is 11.3 Å². The summed E-state index contributed by atoms with van der Waals surface area (Å²) in [7, 11) is 0. The molecule has 0 aromatic carbocycles. The van der Waals surface area contributed by atoms with Gasteiger partial charge in [-0.05, 0) is 18.6 Å². The SMILES string of the molecule is Cc1c(Cl)cncc1NC(=O)c1cc2occc2s1. The molecule has 6 heteroatoms. The van der Waals surface area contributed by atoms with Crippen molar-refractivity contribution in [2.45, 2.75) is 6.92 Å². The molecule has 3 aromatic heterocycles. The van der Waals surface area contributed by atoms with Crippen molar-refractivity contribution in [3.8, 4) is 0 Å². The molecule has 0 aliphatic rings. The number of thiophene rings is 1. The maximum Gasteiger partial charge on any atom is 0.265 e. The first-order valence-corrected chi connectivity index (χ1v) is 6.73. The highest BCUT2D eigenvalue weighted by Crippen LogP contribution is 2.28. The molecule has 0 bridgehead atoms. The fourth-order valence-electron chi connectivity index (χ4n) is 1.69. The van der Waals surface area contributed by atoms with E-state index in [2.05, 4.69) is 10.3 Å². The Balaban J connectivity index is 1.89. The monoisotopic (exact) mass is 292 g/mol. The fourth-order valence-corrected chi connectivity index (χ4v) is 2.72.